The predicted octanol–water partition coefficient (Wildman–Crippen LogP) is 0.445. The number of imide groups is 1. The molecule has 0 saturated carbocycles. The third-order valence-electron chi connectivity index (χ3n) is 2.55. The molecule has 0 spiro atoms. The maximum absolute atomic E-state index is 11.5. The van der Waals surface area contributed by atoms with E-state index >= 15 is 0 Å². The molecule has 0 aliphatic carbocycles. The van der Waals surface area contributed by atoms with Gasteiger partial charge in [-0.05, 0) is 5.92 Å². The minimum atomic E-state index is -0.964. The number of carbonyl (C=O) groups is 3. The highest BCUT2D eigenvalue weighted by Gasteiger charge is 2.32. The topological polar surface area (TPSA) is 74.7 Å². The molecule has 1 fully saturated rings. The van der Waals surface area contributed by atoms with Crippen molar-refractivity contribution in [1.82, 2.24) is 4.90 Å². The number of hydrogen-bond donors (Lipinski definition) is 1. The molecule has 6 heteroatoms. The zero-order valence-electron chi connectivity index (χ0n) is 9.30. The average Bonchev–Trinajstić information content (AvgIpc) is 2.15. The van der Waals surface area contributed by atoms with E-state index in [0.717, 1.165) is 4.90 Å². The van der Waals surface area contributed by atoms with Crippen LogP contribution in [-0.2, 0) is 14.4 Å². The number of rotatable bonds is 4. The quantitative estimate of drug-likeness (QED) is 0.728. The highest BCUT2D eigenvalue weighted by Crippen LogP contribution is 2.18. The molecule has 0 aromatic carbocycles. The van der Waals surface area contributed by atoms with Gasteiger partial charge < -0.3 is 5.11 Å². The standard InChI is InChI=1S/C10H15NO4S/c1-6(2)7(10(14)15)3-11-8(12)4-16-5-9(11)13/h6-7H,3-5H2,1-2H3,(H,14,15). The first-order valence-corrected chi connectivity index (χ1v) is 6.22. The molecule has 1 atom stereocenters. The van der Waals surface area contributed by atoms with Crippen molar-refractivity contribution in [2.24, 2.45) is 11.8 Å². The lowest BCUT2D eigenvalue weighted by molar-refractivity contribution is -0.148. The van der Waals surface area contributed by atoms with Crippen molar-refractivity contribution in [2.75, 3.05) is 18.1 Å². The van der Waals surface area contributed by atoms with Crippen molar-refractivity contribution in [3.63, 3.8) is 0 Å². The molecule has 1 saturated heterocycles. The highest BCUT2D eigenvalue weighted by molar-refractivity contribution is 8.00. The van der Waals surface area contributed by atoms with Gasteiger partial charge in [0.05, 0.1) is 17.4 Å². The summed E-state index contributed by atoms with van der Waals surface area (Å²) in [5, 5.41) is 8.99. The van der Waals surface area contributed by atoms with Crippen LogP contribution in [0.25, 0.3) is 0 Å². The molecule has 1 N–H and O–H groups in total. The minimum Gasteiger partial charge on any atom is -0.481 e. The third-order valence-corrected chi connectivity index (χ3v) is 3.46. The Morgan fingerprint density at radius 3 is 2.25 bits per heavy atom. The zero-order valence-corrected chi connectivity index (χ0v) is 10.1. The van der Waals surface area contributed by atoms with Gasteiger partial charge in [0.25, 0.3) is 0 Å². The Morgan fingerprint density at radius 2 is 1.88 bits per heavy atom. The SMILES string of the molecule is CC(C)C(CN1C(=O)CSCC1=O)C(=O)O. The molecule has 0 bridgehead atoms. The Morgan fingerprint density at radius 1 is 1.38 bits per heavy atom. The number of carboxylic acids is 1. The maximum Gasteiger partial charge on any atom is 0.308 e. The molecule has 0 aromatic heterocycles. The van der Waals surface area contributed by atoms with Crippen LogP contribution in [0.2, 0.25) is 0 Å². The molecule has 1 unspecified atom stereocenters. The van der Waals surface area contributed by atoms with E-state index < -0.39 is 11.9 Å². The Hall–Kier alpha value is -1.04. The zero-order chi connectivity index (χ0) is 12.3. The van der Waals surface area contributed by atoms with E-state index in [1.165, 1.54) is 11.8 Å². The summed E-state index contributed by atoms with van der Waals surface area (Å²) >= 11 is 1.27. The maximum atomic E-state index is 11.5. The van der Waals surface area contributed by atoms with Crippen LogP contribution in [0.15, 0.2) is 0 Å². The summed E-state index contributed by atoms with van der Waals surface area (Å²) in [6.45, 7) is 3.53. The summed E-state index contributed by atoms with van der Waals surface area (Å²) in [6.07, 6.45) is 0. The first kappa shape index (κ1) is 13.0. The van der Waals surface area contributed by atoms with Crippen LogP contribution >= 0.6 is 11.8 Å². The van der Waals surface area contributed by atoms with Crippen molar-refractivity contribution < 1.29 is 19.5 Å². The van der Waals surface area contributed by atoms with Crippen LogP contribution < -0.4 is 0 Å². The van der Waals surface area contributed by atoms with E-state index in [2.05, 4.69) is 0 Å². The van der Waals surface area contributed by atoms with Gasteiger partial charge in [0.15, 0.2) is 0 Å². The van der Waals surface area contributed by atoms with E-state index in [4.69, 9.17) is 5.11 Å². The first-order chi connectivity index (χ1) is 7.43. The summed E-state index contributed by atoms with van der Waals surface area (Å²) < 4.78 is 0. The van der Waals surface area contributed by atoms with Crippen molar-refractivity contribution in [3.05, 3.63) is 0 Å². The van der Waals surface area contributed by atoms with E-state index in [9.17, 15) is 14.4 Å². The van der Waals surface area contributed by atoms with Gasteiger partial charge >= 0.3 is 5.97 Å². The van der Waals surface area contributed by atoms with E-state index in [1.54, 1.807) is 13.8 Å². The van der Waals surface area contributed by atoms with Gasteiger partial charge in [-0.15, -0.1) is 11.8 Å². The fourth-order valence-corrected chi connectivity index (χ4v) is 2.26. The second-order valence-electron chi connectivity index (χ2n) is 4.08. The summed E-state index contributed by atoms with van der Waals surface area (Å²) in [5.74, 6) is -1.80. The van der Waals surface area contributed by atoms with Crippen molar-refractivity contribution in [1.29, 1.82) is 0 Å². The molecule has 16 heavy (non-hydrogen) atoms. The van der Waals surface area contributed by atoms with Crippen LogP contribution in [0, 0.1) is 11.8 Å². The van der Waals surface area contributed by atoms with Gasteiger partial charge in [-0.2, -0.15) is 0 Å². The number of carboxylic acid groups (broad SMARTS) is 1. The van der Waals surface area contributed by atoms with E-state index in [0.29, 0.717) is 0 Å². The fourth-order valence-electron chi connectivity index (χ4n) is 1.49. The normalized spacial score (nSPS) is 19.1. The molecule has 1 heterocycles. The lowest BCUT2D eigenvalue weighted by atomic mass is 9.95. The molecule has 90 valence electrons. The number of amides is 2. The molecule has 2 amide bonds. The molecule has 1 aliphatic rings. The summed E-state index contributed by atoms with van der Waals surface area (Å²) in [5.41, 5.74) is 0. The molecule has 1 aliphatic heterocycles. The molecular formula is C10H15NO4S. The third kappa shape index (κ3) is 2.98. The summed E-state index contributed by atoms with van der Waals surface area (Å²) in [6, 6.07) is 0. The van der Waals surface area contributed by atoms with Gasteiger partial charge in [0, 0.05) is 6.54 Å². The number of aliphatic carboxylic acids is 1. The lowest BCUT2D eigenvalue weighted by Crippen LogP contribution is -2.47. The second kappa shape index (κ2) is 5.34. The van der Waals surface area contributed by atoms with Crippen LogP contribution in [0.4, 0.5) is 0 Å². The Labute approximate surface area is 98.2 Å². The lowest BCUT2D eigenvalue weighted by Gasteiger charge is -2.28. The van der Waals surface area contributed by atoms with Gasteiger partial charge in [0.2, 0.25) is 11.8 Å². The average molecular weight is 245 g/mol. The van der Waals surface area contributed by atoms with Crippen molar-refractivity contribution >= 4 is 29.5 Å². The van der Waals surface area contributed by atoms with Gasteiger partial charge in [-0.3, -0.25) is 19.3 Å². The smallest absolute Gasteiger partial charge is 0.308 e. The molecule has 5 nitrogen and oxygen atoms in total. The van der Waals surface area contributed by atoms with E-state index in [-0.39, 0.29) is 35.8 Å². The van der Waals surface area contributed by atoms with Gasteiger partial charge in [0.1, 0.15) is 0 Å². The molecule has 1 rings (SSSR count). The summed E-state index contributed by atoms with van der Waals surface area (Å²) in [4.78, 5) is 35.0. The minimum absolute atomic E-state index is 0.00870. The monoisotopic (exact) mass is 245 g/mol. The highest BCUT2D eigenvalue weighted by atomic mass is 32.2. The van der Waals surface area contributed by atoms with Gasteiger partial charge in [-0.25, -0.2) is 0 Å². The molecule has 0 aromatic rings. The fraction of sp³-hybridized carbons (Fsp3) is 0.700. The Bertz CT molecular complexity index is 300. The van der Waals surface area contributed by atoms with E-state index in [1.807, 2.05) is 0 Å². The van der Waals surface area contributed by atoms with Crippen LogP contribution in [0.1, 0.15) is 13.8 Å². The summed E-state index contributed by atoms with van der Waals surface area (Å²) in [7, 11) is 0. The first-order valence-electron chi connectivity index (χ1n) is 5.07. The van der Waals surface area contributed by atoms with Crippen molar-refractivity contribution in [2.45, 2.75) is 13.8 Å². The Kier molecular flexibility index (Phi) is 4.35. The number of carbonyl (C=O) groups excluding carboxylic acids is 2. The number of hydrogen-bond acceptors (Lipinski definition) is 4. The van der Waals surface area contributed by atoms with Crippen LogP contribution in [0.3, 0.4) is 0 Å². The predicted molar refractivity (Wildman–Crippen MR) is 60.0 cm³/mol. The number of nitrogens with zero attached hydrogens (tertiary/aromatic N) is 1. The van der Waals surface area contributed by atoms with Crippen LogP contribution in [0.5, 0.6) is 0 Å². The molecule has 0 radical (unpaired) electrons. The van der Waals surface area contributed by atoms with Gasteiger partial charge in [-0.1, -0.05) is 13.8 Å². The number of thioether (sulfide) groups is 1. The largest absolute Gasteiger partial charge is 0.481 e. The second-order valence-corrected chi connectivity index (χ2v) is 5.07. The van der Waals surface area contributed by atoms with Crippen molar-refractivity contribution in [3.8, 4) is 0 Å². The van der Waals surface area contributed by atoms with Crippen LogP contribution in [-0.4, -0.2) is 45.8 Å². The Balaban J connectivity index is 2.72. The molecular weight excluding hydrogens is 230 g/mol.